The highest BCUT2D eigenvalue weighted by Gasteiger charge is 2.42. The molecule has 2 amide bonds. The number of aromatic nitrogens is 1. The zero-order valence-corrected chi connectivity index (χ0v) is 19.7. The van der Waals surface area contributed by atoms with Gasteiger partial charge < -0.3 is 9.80 Å². The number of thiophene rings is 1. The summed E-state index contributed by atoms with van der Waals surface area (Å²) in [5, 5.41) is 0. The van der Waals surface area contributed by atoms with Crippen LogP contribution in [0.15, 0.2) is 30.6 Å². The van der Waals surface area contributed by atoms with Crippen LogP contribution in [0.1, 0.15) is 71.1 Å². The molecule has 4 heterocycles. The number of likely N-dealkylation sites (tertiary alicyclic amines) is 2. The maximum absolute atomic E-state index is 13.3. The molecule has 1 spiro atoms. The molecule has 0 aromatic carbocycles. The van der Waals surface area contributed by atoms with Gasteiger partial charge in [-0.15, -0.1) is 11.3 Å². The minimum Gasteiger partial charge on any atom is -0.342 e. The first-order valence-electron chi connectivity index (χ1n) is 11.4. The van der Waals surface area contributed by atoms with Crippen LogP contribution in [0.4, 0.5) is 0 Å². The molecule has 5 nitrogen and oxygen atoms in total. The molecule has 2 aliphatic rings. The van der Waals surface area contributed by atoms with E-state index in [1.807, 2.05) is 24.0 Å². The molecule has 0 aliphatic carbocycles. The van der Waals surface area contributed by atoms with Crippen molar-refractivity contribution in [1.29, 1.82) is 0 Å². The van der Waals surface area contributed by atoms with Crippen LogP contribution in [-0.2, 0) is 11.2 Å². The van der Waals surface area contributed by atoms with Crippen molar-refractivity contribution in [3.05, 3.63) is 51.5 Å². The smallest absolute Gasteiger partial charge is 0.263 e. The van der Waals surface area contributed by atoms with E-state index in [1.54, 1.807) is 23.7 Å². The molecular formula is C25H33N3O2S. The van der Waals surface area contributed by atoms with Crippen molar-refractivity contribution in [3.63, 3.8) is 0 Å². The molecule has 0 N–H and O–H groups in total. The van der Waals surface area contributed by atoms with Crippen molar-refractivity contribution in [3.8, 4) is 0 Å². The van der Waals surface area contributed by atoms with E-state index in [0.717, 1.165) is 67.9 Å². The summed E-state index contributed by atoms with van der Waals surface area (Å²) in [5.74, 6) is 0.781. The second-order valence-electron chi connectivity index (χ2n) is 9.58. The molecule has 2 fully saturated rings. The number of pyridine rings is 1. The molecule has 1 atom stereocenters. The minimum absolute atomic E-state index is 0.0317. The topological polar surface area (TPSA) is 53.5 Å². The molecular weight excluding hydrogens is 406 g/mol. The van der Waals surface area contributed by atoms with E-state index in [2.05, 4.69) is 29.8 Å². The molecule has 2 aromatic rings. The predicted molar refractivity (Wildman–Crippen MR) is 124 cm³/mol. The Morgan fingerprint density at radius 2 is 1.90 bits per heavy atom. The molecule has 31 heavy (non-hydrogen) atoms. The molecule has 2 aromatic heterocycles. The maximum Gasteiger partial charge on any atom is 0.263 e. The van der Waals surface area contributed by atoms with Gasteiger partial charge in [-0.25, -0.2) is 0 Å². The van der Waals surface area contributed by atoms with Crippen molar-refractivity contribution in [2.75, 3.05) is 26.2 Å². The van der Waals surface area contributed by atoms with E-state index in [9.17, 15) is 9.59 Å². The van der Waals surface area contributed by atoms with E-state index < -0.39 is 0 Å². The molecule has 1 unspecified atom stereocenters. The first-order chi connectivity index (χ1) is 14.9. The van der Waals surface area contributed by atoms with Crippen molar-refractivity contribution < 1.29 is 9.59 Å². The third-order valence-corrected chi connectivity index (χ3v) is 8.26. The normalized spacial score (nSPS) is 21.7. The standard InChI is InChI=1S/C25H33N3O2S/c1-18(2)21-6-7-22(31-21)24(30)28-12-5-4-9-25(17-28)10-13-27(16-25)23(29)14-20-15-26-11-8-19(20)3/h6-8,11,15,18H,4-5,9-10,12-14,16-17H2,1-3H3. The minimum atomic E-state index is 0.0317. The lowest BCUT2D eigenvalue weighted by Gasteiger charge is -2.32. The number of nitrogens with zero attached hydrogens (tertiary/aromatic N) is 3. The number of hydrogen-bond acceptors (Lipinski definition) is 4. The molecule has 0 saturated carbocycles. The highest BCUT2D eigenvalue weighted by atomic mass is 32.1. The SMILES string of the molecule is Cc1ccncc1CC(=O)N1CCC2(CCCCN(C(=O)c3ccc(C(C)C)s3)C2)C1. The summed E-state index contributed by atoms with van der Waals surface area (Å²) in [5.41, 5.74) is 2.15. The zero-order chi connectivity index (χ0) is 22.0. The van der Waals surface area contributed by atoms with Crippen LogP contribution in [0, 0.1) is 12.3 Å². The largest absolute Gasteiger partial charge is 0.342 e. The van der Waals surface area contributed by atoms with Crippen LogP contribution in [0.25, 0.3) is 0 Å². The Hall–Kier alpha value is -2.21. The van der Waals surface area contributed by atoms with Gasteiger partial charge in [0.2, 0.25) is 5.91 Å². The van der Waals surface area contributed by atoms with Gasteiger partial charge in [0.25, 0.3) is 5.91 Å². The number of carbonyl (C=O) groups excluding carboxylic acids is 2. The fraction of sp³-hybridized carbons (Fsp3) is 0.560. The van der Waals surface area contributed by atoms with Crippen LogP contribution in [0.3, 0.4) is 0 Å². The third kappa shape index (κ3) is 4.84. The monoisotopic (exact) mass is 439 g/mol. The summed E-state index contributed by atoms with van der Waals surface area (Å²) in [6.45, 7) is 9.48. The van der Waals surface area contributed by atoms with Crippen LogP contribution in [0.5, 0.6) is 0 Å². The molecule has 0 bridgehead atoms. The first kappa shape index (κ1) is 22.0. The summed E-state index contributed by atoms with van der Waals surface area (Å²) in [7, 11) is 0. The molecule has 0 radical (unpaired) electrons. The second-order valence-corrected chi connectivity index (χ2v) is 10.7. The van der Waals surface area contributed by atoms with E-state index >= 15 is 0 Å². The number of aryl methyl sites for hydroxylation is 1. The highest BCUT2D eigenvalue weighted by molar-refractivity contribution is 7.14. The number of carbonyl (C=O) groups is 2. The Kier molecular flexibility index (Phi) is 6.47. The number of amides is 2. The molecule has 4 rings (SSSR count). The van der Waals surface area contributed by atoms with Crippen LogP contribution in [0.2, 0.25) is 0 Å². The number of hydrogen-bond donors (Lipinski definition) is 0. The van der Waals surface area contributed by atoms with Gasteiger partial charge in [-0.05, 0) is 61.4 Å². The summed E-state index contributed by atoms with van der Waals surface area (Å²) < 4.78 is 0. The lowest BCUT2D eigenvalue weighted by molar-refractivity contribution is -0.129. The fourth-order valence-corrected chi connectivity index (χ4v) is 5.89. The Balaban J connectivity index is 1.44. The van der Waals surface area contributed by atoms with Crippen molar-refractivity contribution in [2.45, 2.75) is 58.8 Å². The van der Waals surface area contributed by atoms with Gasteiger partial charge in [-0.2, -0.15) is 0 Å². The van der Waals surface area contributed by atoms with E-state index in [4.69, 9.17) is 0 Å². The predicted octanol–water partition coefficient (Wildman–Crippen LogP) is 4.66. The van der Waals surface area contributed by atoms with Gasteiger partial charge in [0.1, 0.15) is 0 Å². The van der Waals surface area contributed by atoms with Crippen LogP contribution < -0.4 is 0 Å². The first-order valence-corrected chi connectivity index (χ1v) is 12.2. The lowest BCUT2D eigenvalue weighted by atomic mass is 9.82. The van der Waals surface area contributed by atoms with Gasteiger partial charge in [0.15, 0.2) is 0 Å². The van der Waals surface area contributed by atoms with E-state index in [-0.39, 0.29) is 17.2 Å². The quantitative estimate of drug-likeness (QED) is 0.696. The van der Waals surface area contributed by atoms with Crippen LogP contribution in [-0.4, -0.2) is 52.8 Å². The van der Waals surface area contributed by atoms with Gasteiger partial charge in [-0.1, -0.05) is 20.3 Å². The van der Waals surface area contributed by atoms with Gasteiger partial charge >= 0.3 is 0 Å². The Labute approximate surface area is 189 Å². The van der Waals surface area contributed by atoms with Gasteiger partial charge in [0, 0.05) is 48.9 Å². The molecule has 166 valence electrons. The Morgan fingerprint density at radius 3 is 2.65 bits per heavy atom. The maximum atomic E-state index is 13.3. The zero-order valence-electron chi connectivity index (χ0n) is 18.9. The third-order valence-electron chi connectivity index (χ3n) is 6.89. The molecule has 6 heteroatoms. The van der Waals surface area contributed by atoms with Gasteiger partial charge in [-0.3, -0.25) is 14.6 Å². The summed E-state index contributed by atoms with van der Waals surface area (Å²) in [6.07, 6.45) is 8.21. The highest BCUT2D eigenvalue weighted by Crippen LogP contribution is 2.39. The number of rotatable bonds is 4. The fourth-order valence-electron chi connectivity index (χ4n) is 4.91. The van der Waals surface area contributed by atoms with Crippen molar-refractivity contribution in [1.82, 2.24) is 14.8 Å². The van der Waals surface area contributed by atoms with Crippen molar-refractivity contribution in [2.24, 2.45) is 5.41 Å². The Morgan fingerprint density at radius 1 is 1.10 bits per heavy atom. The van der Waals surface area contributed by atoms with E-state index in [0.29, 0.717) is 12.3 Å². The lowest BCUT2D eigenvalue weighted by Crippen LogP contribution is -2.42. The molecule has 2 aliphatic heterocycles. The molecule has 2 saturated heterocycles. The summed E-state index contributed by atoms with van der Waals surface area (Å²) in [4.78, 5) is 36.6. The summed E-state index contributed by atoms with van der Waals surface area (Å²) in [6, 6.07) is 6.03. The average Bonchev–Trinajstić information content (AvgIpc) is 3.34. The Bertz CT molecular complexity index is 954. The van der Waals surface area contributed by atoms with Crippen LogP contribution >= 0.6 is 11.3 Å². The summed E-state index contributed by atoms with van der Waals surface area (Å²) >= 11 is 1.63. The van der Waals surface area contributed by atoms with Gasteiger partial charge in [0.05, 0.1) is 11.3 Å². The van der Waals surface area contributed by atoms with Crippen molar-refractivity contribution >= 4 is 23.2 Å². The van der Waals surface area contributed by atoms with E-state index in [1.165, 1.54) is 4.88 Å². The second kappa shape index (κ2) is 9.11. The average molecular weight is 440 g/mol.